The van der Waals surface area contributed by atoms with E-state index in [1.54, 1.807) is 42.5 Å². The van der Waals surface area contributed by atoms with Gasteiger partial charge in [-0.25, -0.2) is 53.3 Å². The second-order valence-corrected chi connectivity index (χ2v) is 21.9. The van der Waals surface area contributed by atoms with Crippen molar-refractivity contribution in [3.8, 4) is 0 Å². The van der Waals surface area contributed by atoms with Crippen LogP contribution in [0, 0.1) is 0 Å². The van der Waals surface area contributed by atoms with Gasteiger partial charge in [0.1, 0.15) is 45.6 Å². The van der Waals surface area contributed by atoms with Gasteiger partial charge in [0.2, 0.25) is 0 Å². The normalized spacial score (nSPS) is 11.4. The molecule has 0 saturated carbocycles. The lowest BCUT2D eigenvalue weighted by atomic mass is 10.0. The number of hydrogen-bond donors (Lipinski definition) is 1. The number of esters is 2. The molecule has 18 nitrogen and oxygen atoms in total. The van der Waals surface area contributed by atoms with Crippen LogP contribution in [0.1, 0.15) is 180 Å². The quantitative estimate of drug-likeness (QED) is 0.0169. The highest BCUT2D eigenvalue weighted by Crippen LogP contribution is 2.24. The number of nitrogens with one attached hydrogen (secondary N) is 1. The van der Waals surface area contributed by atoms with Crippen LogP contribution >= 0.6 is 23.5 Å². The molecule has 0 aromatic carbocycles. The van der Waals surface area contributed by atoms with E-state index < -0.39 is 9.84 Å². The van der Waals surface area contributed by atoms with Gasteiger partial charge in [-0.15, -0.1) is 23.5 Å². The molecule has 0 amide bonds. The Morgan fingerprint density at radius 3 is 1.27 bits per heavy atom. The zero-order chi connectivity index (χ0) is 52.4. The molecule has 6 rings (SSSR count). The summed E-state index contributed by atoms with van der Waals surface area (Å²) in [5.74, 6) is -0.180. The molecular weight excluding hydrogens is 985 g/mol. The van der Waals surface area contributed by atoms with E-state index in [1.165, 1.54) is 162 Å². The van der Waals surface area contributed by atoms with E-state index in [4.69, 9.17) is 0 Å². The third-order valence-corrected chi connectivity index (χ3v) is 15.1. The van der Waals surface area contributed by atoms with Crippen LogP contribution in [0.5, 0.6) is 0 Å². The summed E-state index contributed by atoms with van der Waals surface area (Å²) in [4.78, 5) is 62.4. The topological polar surface area (TPSA) is 228 Å². The number of sulfone groups is 1. The van der Waals surface area contributed by atoms with Gasteiger partial charge in [0.25, 0.3) is 0 Å². The smallest absolute Gasteiger partial charge is 0.305 e. The number of aryl methyl sites for hydroxylation is 2. The van der Waals surface area contributed by atoms with E-state index in [9.17, 15) is 18.0 Å². The van der Waals surface area contributed by atoms with Crippen molar-refractivity contribution in [1.82, 2.24) is 59.0 Å². The lowest BCUT2D eigenvalue weighted by Gasteiger charge is -2.07. The summed E-state index contributed by atoms with van der Waals surface area (Å²) in [5, 5.41) is 2.01. The summed E-state index contributed by atoms with van der Waals surface area (Å²) in [5.41, 5.74) is 4.47. The number of fused-ring (bicyclic) bond motifs is 3. The molecule has 6 aromatic heterocycles. The Labute approximate surface area is 442 Å². The fraction of sp³-hybridized carbons (Fsp3) is 0.673. The van der Waals surface area contributed by atoms with Crippen molar-refractivity contribution in [2.75, 3.05) is 33.0 Å². The Hall–Kier alpha value is -4.76. The Bertz CT molecular complexity index is 2570. The minimum absolute atomic E-state index is 0.0567. The van der Waals surface area contributed by atoms with Gasteiger partial charge in [0.05, 0.1) is 33.2 Å². The molecule has 6 aromatic rings. The average Bonchev–Trinajstić information content (AvgIpc) is 4.17. The number of thioether (sulfide) groups is 2. The number of aromatic amines is 1. The first kappa shape index (κ1) is 60.8. The summed E-state index contributed by atoms with van der Waals surface area (Å²) in [6, 6.07) is 0. The molecule has 0 fully saturated rings. The van der Waals surface area contributed by atoms with Crippen LogP contribution in [-0.4, -0.2) is 112 Å². The van der Waals surface area contributed by atoms with Crippen LogP contribution in [0.4, 0.5) is 0 Å². The second-order valence-electron chi connectivity index (χ2n) is 18.4. The first-order valence-corrected chi connectivity index (χ1v) is 30.8. The molecule has 73 heavy (non-hydrogen) atoms. The molecule has 0 unspecified atom stereocenters. The number of carbonyl (C=O) groups is 2. The number of imidazole rings is 3. The molecule has 1 N–H and O–H groups in total. The van der Waals surface area contributed by atoms with Crippen molar-refractivity contribution >= 4 is 78.8 Å². The largest absolute Gasteiger partial charge is 0.469 e. The van der Waals surface area contributed by atoms with Gasteiger partial charge in [-0.3, -0.25) is 9.59 Å². The van der Waals surface area contributed by atoms with Crippen molar-refractivity contribution in [2.24, 2.45) is 0 Å². The van der Waals surface area contributed by atoms with Crippen LogP contribution < -0.4 is 0 Å². The molecule has 0 radical (unpaired) electrons. The van der Waals surface area contributed by atoms with Crippen molar-refractivity contribution < 1.29 is 27.5 Å². The highest BCUT2D eigenvalue weighted by molar-refractivity contribution is 7.99. The van der Waals surface area contributed by atoms with Crippen LogP contribution in [0.25, 0.3) is 33.5 Å². The van der Waals surface area contributed by atoms with Crippen molar-refractivity contribution in [2.45, 2.75) is 208 Å². The Balaban J connectivity index is 0.000000261. The van der Waals surface area contributed by atoms with E-state index in [-0.39, 0.29) is 17.0 Å². The number of rotatable bonds is 35. The van der Waals surface area contributed by atoms with E-state index >= 15 is 0 Å². The first-order chi connectivity index (χ1) is 35.6. The van der Waals surface area contributed by atoms with Gasteiger partial charge in [-0.2, -0.15) is 0 Å². The summed E-state index contributed by atoms with van der Waals surface area (Å²) in [7, 11) is -0.509. The minimum Gasteiger partial charge on any atom is -0.469 e. The molecule has 0 spiro atoms. The Kier molecular flexibility index (Phi) is 30.2. The monoisotopic (exact) mass is 1070 g/mol. The fourth-order valence-electron chi connectivity index (χ4n) is 8.62. The maximum absolute atomic E-state index is 12.0. The number of H-pyrrole nitrogens is 1. The van der Waals surface area contributed by atoms with E-state index in [1.807, 2.05) is 23.4 Å². The summed E-state index contributed by atoms with van der Waals surface area (Å²) in [6.45, 7) is 1.73. The Morgan fingerprint density at radius 2 is 0.849 bits per heavy atom. The zero-order valence-corrected chi connectivity index (χ0v) is 46.7. The van der Waals surface area contributed by atoms with Gasteiger partial charge < -0.3 is 23.6 Å². The molecule has 404 valence electrons. The molecule has 0 saturated heterocycles. The summed E-state index contributed by atoms with van der Waals surface area (Å²) in [6.07, 6.45) is 48.0. The summed E-state index contributed by atoms with van der Waals surface area (Å²) >= 11 is 3.23. The van der Waals surface area contributed by atoms with E-state index in [2.05, 4.69) is 63.9 Å². The molecular formula is C52H82N12O6S3. The molecule has 6 heterocycles. The molecule has 0 bridgehead atoms. The number of hydrogen-bond acceptors (Lipinski definition) is 17. The van der Waals surface area contributed by atoms with Gasteiger partial charge in [-0.05, 0) is 38.2 Å². The van der Waals surface area contributed by atoms with E-state index in [0.717, 1.165) is 84.0 Å². The van der Waals surface area contributed by atoms with Gasteiger partial charge in [0, 0.05) is 32.2 Å². The number of aromatic nitrogens is 12. The van der Waals surface area contributed by atoms with Crippen LogP contribution in [0.15, 0.2) is 53.0 Å². The lowest BCUT2D eigenvalue weighted by Crippen LogP contribution is -2.06. The number of ether oxygens (including phenoxy) is 2. The molecule has 0 aliphatic rings. The second kappa shape index (κ2) is 36.2. The number of carbonyl (C=O) groups excluding carboxylic acids is 2. The van der Waals surface area contributed by atoms with E-state index in [0.29, 0.717) is 24.0 Å². The van der Waals surface area contributed by atoms with Crippen molar-refractivity contribution in [3.63, 3.8) is 0 Å². The molecule has 21 heteroatoms. The number of unbranched alkanes of at least 4 members (excludes halogenated alkanes) is 24. The molecule has 0 aliphatic carbocycles. The SMILES string of the molecule is COC(=O)CCCCCCCCCCCCCCCn1cnc2ncnc(S(C)(=O)=O)c21.COC(=O)CCCCCCCCCCCCCCCn1cnc2ncnc(SC)c21.CSc1ncnc2nc[nH]c12. The van der Waals surface area contributed by atoms with Gasteiger partial charge >= 0.3 is 11.9 Å². The minimum atomic E-state index is -3.41. The standard InChI is InChI=1S/C23H38N4O4S.C23H38N4O2S.C6H6N4S/c1-31-20(28)16-14-12-10-8-6-4-3-5-7-9-11-13-15-17-27-19-26-22-21(27)23(25-18-24-22)32(2,29)30;1-29-20(28)16-14-12-10-8-6-4-3-5-7-9-11-13-15-17-27-19-26-22-21(27)23(30-2)25-18-24-22;1-11-6-4-5(8-2-7-4)9-3-10-6/h18-19H,3-17H2,1-2H3;18-19H,3-17H2,1-2H3;2-3H,1H3,(H,7,8,9,10). The first-order valence-electron chi connectivity index (χ1n) is 26.5. The zero-order valence-electron chi connectivity index (χ0n) is 44.3. The highest BCUT2D eigenvalue weighted by Gasteiger charge is 2.18. The lowest BCUT2D eigenvalue weighted by molar-refractivity contribution is -0.141. The van der Waals surface area contributed by atoms with Gasteiger partial charge in [0.15, 0.2) is 31.8 Å². The van der Waals surface area contributed by atoms with Crippen molar-refractivity contribution in [3.05, 3.63) is 38.0 Å². The third-order valence-electron chi connectivity index (χ3n) is 12.7. The van der Waals surface area contributed by atoms with Crippen LogP contribution in [0.3, 0.4) is 0 Å². The van der Waals surface area contributed by atoms with Gasteiger partial charge in [-0.1, -0.05) is 141 Å². The Morgan fingerprint density at radius 1 is 0.479 bits per heavy atom. The molecule has 0 aliphatic heterocycles. The fourth-order valence-corrected chi connectivity index (χ4v) is 10.5. The predicted molar refractivity (Wildman–Crippen MR) is 292 cm³/mol. The van der Waals surface area contributed by atoms with Crippen LogP contribution in [-0.2, 0) is 42.0 Å². The number of nitrogens with zero attached hydrogens (tertiary/aromatic N) is 11. The maximum Gasteiger partial charge on any atom is 0.305 e. The number of methoxy groups -OCH3 is 2. The summed E-state index contributed by atoms with van der Waals surface area (Å²) < 4.78 is 37.3. The van der Waals surface area contributed by atoms with Crippen molar-refractivity contribution in [1.29, 1.82) is 0 Å². The highest BCUT2D eigenvalue weighted by atomic mass is 32.2. The predicted octanol–water partition coefficient (Wildman–Crippen LogP) is 12.1. The van der Waals surface area contributed by atoms with Crippen LogP contribution in [0.2, 0.25) is 0 Å². The average molecular weight is 1070 g/mol. The maximum atomic E-state index is 12.0. The molecule has 0 atom stereocenters. The third kappa shape index (κ3) is 23.1.